The Hall–Kier alpha value is -2.67. The molecule has 1 saturated heterocycles. The van der Waals surface area contributed by atoms with Gasteiger partial charge in [-0.15, -0.1) is 0 Å². The van der Waals surface area contributed by atoms with Crippen LogP contribution in [0.3, 0.4) is 0 Å². The Labute approximate surface area is 164 Å². The maximum absolute atomic E-state index is 12.5. The second kappa shape index (κ2) is 8.56. The highest BCUT2D eigenvalue weighted by molar-refractivity contribution is 5.96. The Bertz CT molecular complexity index is 867. The van der Waals surface area contributed by atoms with E-state index in [9.17, 15) is 14.9 Å². The molecule has 2 aromatic rings. The smallest absolute Gasteiger partial charge is 0.273 e. The van der Waals surface area contributed by atoms with E-state index in [0.717, 1.165) is 44.0 Å². The summed E-state index contributed by atoms with van der Waals surface area (Å²) >= 11 is 0. The predicted octanol–water partition coefficient (Wildman–Crippen LogP) is 3.76. The van der Waals surface area contributed by atoms with Crippen LogP contribution in [0.15, 0.2) is 28.7 Å². The average Bonchev–Trinajstić information content (AvgIpc) is 2.97. The molecule has 0 saturated carbocycles. The number of benzene rings is 1. The van der Waals surface area contributed by atoms with Crippen molar-refractivity contribution in [1.82, 2.24) is 10.2 Å². The Morgan fingerprint density at radius 1 is 1.29 bits per heavy atom. The van der Waals surface area contributed by atoms with Crippen LogP contribution in [0.2, 0.25) is 0 Å². The predicted molar refractivity (Wildman–Crippen MR) is 106 cm³/mol. The van der Waals surface area contributed by atoms with E-state index >= 15 is 0 Å². The van der Waals surface area contributed by atoms with Crippen LogP contribution in [0.25, 0.3) is 0 Å². The summed E-state index contributed by atoms with van der Waals surface area (Å²) in [6.45, 7) is 9.05. The quantitative estimate of drug-likeness (QED) is 0.604. The summed E-state index contributed by atoms with van der Waals surface area (Å²) in [5.74, 6) is 2.11. The number of nitro groups is 1. The van der Waals surface area contributed by atoms with Gasteiger partial charge in [0.2, 0.25) is 0 Å². The van der Waals surface area contributed by atoms with Crippen LogP contribution in [0.4, 0.5) is 5.69 Å². The van der Waals surface area contributed by atoms with Gasteiger partial charge in [-0.25, -0.2) is 0 Å². The first kappa shape index (κ1) is 20.1. The van der Waals surface area contributed by atoms with E-state index in [1.165, 1.54) is 11.6 Å². The van der Waals surface area contributed by atoms with Gasteiger partial charge in [-0.05, 0) is 64.8 Å². The molecule has 1 fully saturated rings. The van der Waals surface area contributed by atoms with E-state index < -0.39 is 4.92 Å². The van der Waals surface area contributed by atoms with Crippen LogP contribution in [0, 0.1) is 36.8 Å². The molecule has 1 aliphatic rings. The summed E-state index contributed by atoms with van der Waals surface area (Å²) in [5.41, 5.74) is 2.00. The van der Waals surface area contributed by atoms with Gasteiger partial charge in [-0.1, -0.05) is 6.07 Å². The average molecular weight is 385 g/mol. The zero-order valence-corrected chi connectivity index (χ0v) is 16.7. The fourth-order valence-corrected chi connectivity index (χ4v) is 3.83. The molecule has 1 aromatic carbocycles. The van der Waals surface area contributed by atoms with Crippen molar-refractivity contribution in [2.24, 2.45) is 5.92 Å². The molecule has 7 heteroatoms. The Morgan fingerprint density at radius 2 is 2.00 bits per heavy atom. The third kappa shape index (κ3) is 4.59. The minimum Gasteiger partial charge on any atom is -0.466 e. The van der Waals surface area contributed by atoms with Gasteiger partial charge in [0.05, 0.1) is 4.92 Å². The fraction of sp³-hybridized carbons (Fsp3) is 0.476. The van der Waals surface area contributed by atoms with E-state index in [1.807, 2.05) is 13.8 Å². The number of hydrogen-bond donors (Lipinski definition) is 1. The second-order valence-corrected chi connectivity index (χ2v) is 7.57. The fourth-order valence-electron chi connectivity index (χ4n) is 3.83. The molecule has 2 heterocycles. The Kier molecular flexibility index (Phi) is 6.14. The van der Waals surface area contributed by atoms with Gasteiger partial charge in [0, 0.05) is 35.8 Å². The Balaban J connectivity index is 1.49. The molecule has 28 heavy (non-hydrogen) atoms. The molecule has 150 valence electrons. The number of rotatable bonds is 6. The first-order chi connectivity index (χ1) is 13.3. The number of amides is 1. The van der Waals surface area contributed by atoms with E-state index in [0.29, 0.717) is 23.6 Å². The van der Waals surface area contributed by atoms with Gasteiger partial charge in [0.25, 0.3) is 11.6 Å². The molecular weight excluding hydrogens is 358 g/mol. The molecule has 0 bridgehead atoms. The zero-order chi connectivity index (χ0) is 20.3. The lowest BCUT2D eigenvalue weighted by atomic mass is 9.96. The van der Waals surface area contributed by atoms with E-state index in [2.05, 4.69) is 16.3 Å². The van der Waals surface area contributed by atoms with E-state index in [-0.39, 0.29) is 11.6 Å². The normalized spacial score (nSPS) is 15.5. The number of nitrogens with zero attached hydrogens (tertiary/aromatic N) is 2. The minimum atomic E-state index is -0.453. The molecule has 0 aliphatic carbocycles. The van der Waals surface area contributed by atoms with Crippen molar-refractivity contribution < 1.29 is 14.1 Å². The first-order valence-electron chi connectivity index (χ1n) is 9.65. The van der Waals surface area contributed by atoms with Crippen LogP contribution in [-0.2, 0) is 6.54 Å². The van der Waals surface area contributed by atoms with Gasteiger partial charge < -0.3 is 9.73 Å². The maximum Gasteiger partial charge on any atom is 0.273 e. The third-order valence-electron chi connectivity index (χ3n) is 5.54. The van der Waals surface area contributed by atoms with Crippen molar-refractivity contribution in [3.05, 3.63) is 62.6 Å². The third-order valence-corrected chi connectivity index (χ3v) is 5.54. The van der Waals surface area contributed by atoms with Crippen molar-refractivity contribution in [2.75, 3.05) is 19.6 Å². The Morgan fingerprint density at radius 3 is 2.61 bits per heavy atom. The first-order valence-corrected chi connectivity index (χ1v) is 9.65. The van der Waals surface area contributed by atoms with Crippen molar-refractivity contribution in [1.29, 1.82) is 0 Å². The van der Waals surface area contributed by atoms with Gasteiger partial charge in [0.1, 0.15) is 11.5 Å². The summed E-state index contributed by atoms with van der Waals surface area (Å²) in [7, 11) is 0. The summed E-state index contributed by atoms with van der Waals surface area (Å²) in [6, 6.07) is 6.71. The minimum absolute atomic E-state index is 0.0225. The highest BCUT2D eigenvalue weighted by Crippen LogP contribution is 2.23. The molecule has 3 rings (SSSR count). The number of aryl methyl sites for hydroxylation is 2. The molecule has 0 radical (unpaired) electrons. The highest BCUT2D eigenvalue weighted by Gasteiger charge is 2.22. The molecule has 0 spiro atoms. The van der Waals surface area contributed by atoms with Gasteiger partial charge in [-0.3, -0.25) is 19.8 Å². The van der Waals surface area contributed by atoms with Gasteiger partial charge in [0.15, 0.2) is 0 Å². The van der Waals surface area contributed by atoms with Crippen molar-refractivity contribution in [3.8, 4) is 0 Å². The van der Waals surface area contributed by atoms with Crippen LogP contribution >= 0.6 is 0 Å². The van der Waals surface area contributed by atoms with Crippen molar-refractivity contribution in [2.45, 2.75) is 40.2 Å². The number of piperidine rings is 1. The van der Waals surface area contributed by atoms with Crippen LogP contribution < -0.4 is 5.32 Å². The summed E-state index contributed by atoms with van der Waals surface area (Å²) < 4.78 is 5.60. The van der Waals surface area contributed by atoms with Gasteiger partial charge in [-0.2, -0.15) is 0 Å². The number of hydrogen-bond acceptors (Lipinski definition) is 5. The van der Waals surface area contributed by atoms with Crippen molar-refractivity contribution >= 4 is 11.6 Å². The molecule has 1 amide bonds. The number of carbonyl (C=O) groups is 1. The number of furan rings is 1. The van der Waals surface area contributed by atoms with Gasteiger partial charge >= 0.3 is 0 Å². The monoisotopic (exact) mass is 385 g/mol. The molecule has 0 unspecified atom stereocenters. The van der Waals surface area contributed by atoms with Crippen molar-refractivity contribution in [3.63, 3.8) is 0 Å². The van der Waals surface area contributed by atoms with E-state index in [4.69, 9.17) is 4.42 Å². The van der Waals surface area contributed by atoms with Crippen LogP contribution in [0.1, 0.15) is 45.8 Å². The SMILES string of the molecule is Cc1cc(CN2CCC(CNC(=O)c3cccc([N+](=O)[O-])c3C)CC2)c(C)o1. The number of likely N-dealkylation sites (tertiary alicyclic amines) is 1. The largest absolute Gasteiger partial charge is 0.466 e. The summed E-state index contributed by atoms with van der Waals surface area (Å²) in [6.07, 6.45) is 2.04. The van der Waals surface area contributed by atoms with Crippen LogP contribution in [-0.4, -0.2) is 35.4 Å². The summed E-state index contributed by atoms with van der Waals surface area (Å²) in [4.78, 5) is 25.5. The number of nitro benzene ring substituents is 1. The van der Waals surface area contributed by atoms with E-state index in [1.54, 1.807) is 19.1 Å². The summed E-state index contributed by atoms with van der Waals surface area (Å²) in [5, 5.41) is 14.0. The topological polar surface area (TPSA) is 88.6 Å². The zero-order valence-electron chi connectivity index (χ0n) is 16.7. The molecule has 7 nitrogen and oxygen atoms in total. The maximum atomic E-state index is 12.5. The van der Waals surface area contributed by atoms with Crippen LogP contribution in [0.5, 0.6) is 0 Å². The molecular formula is C21H27N3O4. The molecule has 1 aromatic heterocycles. The number of nitrogens with one attached hydrogen (secondary N) is 1. The molecule has 1 N–H and O–H groups in total. The standard InChI is InChI=1S/C21H27N3O4/c1-14-11-18(16(3)28-14)13-23-9-7-17(8-10-23)12-22-21(25)19-5-4-6-20(15(19)2)24(26)27/h4-6,11,17H,7-10,12-13H2,1-3H3,(H,22,25). The lowest BCUT2D eigenvalue weighted by Crippen LogP contribution is -2.38. The molecule has 1 aliphatic heterocycles. The highest BCUT2D eigenvalue weighted by atomic mass is 16.6. The molecule has 0 atom stereocenters. The second-order valence-electron chi connectivity index (χ2n) is 7.57. The lowest BCUT2D eigenvalue weighted by Gasteiger charge is -2.31. The lowest BCUT2D eigenvalue weighted by molar-refractivity contribution is -0.385. The number of carbonyl (C=O) groups excluding carboxylic acids is 1.